The van der Waals surface area contributed by atoms with E-state index in [9.17, 15) is 22.0 Å². The van der Waals surface area contributed by atoms with Gasteiger partial charge in [-0.2, -0.15) is 28.1 Å². The molecule has 0 saturated carbocycles. The van der Waals surface area contributed by atoms with E-state index in [4.69, 9.17) is 5.73 Å². The number of alkyl halides is 5. The molecule has 0 bridgehead atoms. The number of anilines is 3. The maximum Gasteiger partial charge on any atom is 0.416 e. The van der Waals surface area contributed by atoms with Crippen molar-refractivity contribution in [3.63, 3.8) is 0 Å². The van der Waals surface area contributed by atoms with E-state index < -0.39 is 24.0 Å². The smallest absolute Gasteiger partial charge is 0.368 e. The number of nitrogen functional groups attached to an aromatic ring is 1. The Balaban J connectivity index is 1.75. The summed E-state index contributed by atoms with van der Waals surface area (Å²) in [6.45, 7) is 0. The summed E-state index contributed by atoms with van der Waals surface area (Å²) in [7, 11) is 0. The van der Waals surface area contributed by atoms with Crippen LogP contribution in [-0.2, 0) is 6.18 Å². The van der Waals surface area contributed by atoms with Gasteiger partial charge in [-0.3, -0.25) is 4.57 Å². The van der Waals surface area contributed by atoms with Crippen LogP contribution in [0.15, 0.2) is 48.5 Å². The van der Waals surface area contributed by atoms with Crippen molar-refractivity contribution in [3.8, 4) is 5.95 Å². The molecule has 0 saturated heterocycles. The molecule has 4 aromatic rings. The molecule has 7 nitrogen and oxygen atoms in total. The number of hydrogen-bond acceptors (Lipinski definition) is 6. The van der Waals surface area contributed by atoms with Crippen molar-refractivity contribution in [2.24, 2.45) is 0 Å². The first-order valence-electron chi connectivity index (χ1n) is 8.44. The monoisotopic (exact) mass is 421 g/mol. The Morgan fingerprint density at radius 3 is 2.27 bits per heavy atom. The molecule has 0 unspecified atom stereocenters. The molecule has 3 N–H and O–H groups in total. The van der Waals surface area contributed by atoms with Crippen LogP contribution < -0.4 is 11.1 Å². The van der Waals surface area contributed by atoms with Gasteiger partial charge in [0.1, 0.15) is 0 Å². The molecule has 0 amide bonds. The number of imidazole rings is 1. The van der Waals surface area contributed by atoms with Gasteiger partial charge in [0.2, 0.25) is 17.8 Å². The van der Waals surface area contributed by atoms with Crippen LogP contribution in [0.3, 0.4) is 0 Å². The van der Waals surface area contributed by atoms with E-state index in [1.165, 1.54) is 12.1 Å². The molecule has 2 heterocycles. The fourth-order valence-electron chi connectivity index (χ4n) is 2.81. The van der Waals surface area contributed by atoms with Crippen molar-refractivity contribution in [2.75, 3.05) is 11.1 Å². The van der Waals surface area contributed by atoms with Gasteiger partial charge >= 0.3 is 6.18 Å². The molecule has 0 radical (unpaired) electrons. The van der Waals surface area contributed by atoms with Crippen molar-refractivity contribution >= 4 is 28.6 Å². The minimum Gasteiger partial charge on any atom is -0.368 e. The Morgan fingerprint density at radius 2 is 1.60 bits per heavy atom. The van der Waals surface area contributed by atoms with Gasteiger partial charge < -0.3 is 11.1 Å². The van der Waals surface area contributed by atoms with Crippen LogP contribution in [0.2, 0.25) is 0 Å². The molecular weight excluding hydrogens is 409 g/mol. The van der Waals surface area contributed by atoms with Crippen molar-refractivity contribution in [1.29, 1.82) is 0 Å². The number of fused-ring (bicyclic) bond motifs is 1. The Morgan fingerprint density at radius 1 is 0.900 bits per heavy atom. The standard InChI is InChI=1S/C18H12F5N7/c19-13(20)14-26-11-3-1-2-4-12(11)30(14)17-28-15(24)27-16(29-17)25-10-7-5-9(6-8-10)18(21,22)23/h1-8,13H,(H3,24,25,27,28,29). The number of nitrogens with one attached hydrogen (secondary N) is 1. The predicted molar refractivity (Wildman–Crippen MR) is 98.6 cm³/mol. The largest absolute Gasteiger partial charge is 0.416 e. The van der Waals surface area contributed by atoms with E-state index in [0.29, 0.717) is 11.0 Å². The maximum absolute atomic E-state index is 13.5. The first kappa shape index (κ1) is 19.5. The molecule has 12 heteroatoms. The topological polar surface area (TPSA) is 94.5 Å². The zero-order chi connectivity index (χ0) is 21.5. The molecule has 4 rings (SSSR count). The number of nitrogens with zero attached hydrogens (tertiary/aromatic N) is 5. The van der Waals surface area contributed by atoms with Crippen molar-refractivity contribution < 1.29 is 22.0 Å². The summed E-state index contributed by atoms with van der Waals surface area (Å²) in [6, 6.07) is 10.5. The summed E-state index contributed by atoms with van der Waals surface area (Å²) < 4.78 is 66.2. The lowest BCUT2D eigenvalue weighted by Crippen LogP contribution is -2.11. The lowest BCUT2D eigenvalue weighted by atomic mass is 10.2. The highest BCUT2D eigenvalue weighted by atomic mass is 19.4. The number of halogens is 5. The van der Waals surface area contributed by atoms with Crippen LogP contribution in [0.25, 0.3) is 17.0 Å². The first-order chi connectivity index (χ1) is 14.2. The van der Waals surface area contributed by atoms with E-state index in [2.05, 4.69) is 25.3 Å². The van der Waals surface area contributed by atoms with Gasteiger partial charge in [0.15, 0.2) is 5.82 Å². The highest BCUT2D eigenvalue weighted by Gasteiger charge is 2.30. The average Bonchev–Trinajstić information content (AvgIpc) is 3.07. The van der Waals surface area contributed by atoms with Crippen LogP contribution in [0.5, 0.6) is 0 Å². The molecular formula is C18H12F5N7. The van der Waals surface area contributed by atoms with Crippen LogP contribution in [-0.4, -0.2) is 24.5 Å². The zero-order valence-corrected chi connectivity index (χ0v) is 14.9. The summed E-state index contributed by atoms with van der Waals surface area (Å²) in [5, 5.41) is 2.69. The molecule has 30 heavy (non-hydrogen) atoms. The van der Waals surface area contributed by atoms with Crippen molar-refractivity contribution in [3.05, 3.63) is 59.9 Å². The SMILES string of the molecule is Nc1nc(Nc2ccc(C(F)(F)F)cc2)nc(-n2c(C(F)F)nc3ccccc32)n1. The molecule has 154 valence electrons. The van der Waals surface area contributed by atoms with Gasteiger partial charge in [-0.05, 0) is 36.4 Å². The molecule has 0 aliphatic carbocycles. The maximum atomic E-state index is 13.5. The van der Waals surface area contributed by atoms with Gasteiger partial charge in [0.05, 0.1) is 16.6 Å². The van der Waals surface area contributed by atoms with Crippen LogP contribution in [0.1, 0.15) is 17.8 Å². The van der Waals surface area contributed by atoms with Gasteiger partial charge in [0, 0.05) is 5.69 Å². The van der Waals surface area contributed by atoms with Crippen LogP contribution >= 0.6 is 0 Å². The lowest BCUT2D eigenvalue weighted by molar-refractivity contribution is -0.137. The molecule has 0 aliphatic rings. The summed E-state index contributed by atoms with van der Waals surface area (Å²) in [5.74, 6) is -1.19. The fraction of sp³-hybridized carbons (Fsp3) is 0.111. The quantitative estimate of drug-likeness (QED) is 0.472. The normalized spacial score (nSPS) is 11.9. The molecule has 0 spiro atoms. The second-order valence-electron chi connectivity index (χ2n) is 6.11. The van der Waals surface area contributed by atoms with Crippen LogP contribution in [0.4, 0.5) is 39.5 Å². The molecule has 0 fully saturated rings. The Hall–Kier alpha value is -3.83. The van der Waals surface area contributed by atoms with Crippen molar-refractivity contribution in [2.45, 2.75) is 12.6 Å². The second-order valence-corrected chi connectivity index (χ2v) is 6.11. The molecule has 2 aromatic heterocycles. The van der Waals surface area contributed by atoms with Gasteiger partial charge in [-0.15, -0.1) is 0 Å². The number of rotatable bonds is 4. The average molecular weight is 421 g/mol. The zero-order valence-electron chi connectivity index (χ0n) is 14.9. The van der Waals surface area contributed by atoms with E-state index in [1.807, 2.05) is 0 Å². The number of para-hydroxylation sites is 2. The highest BCUT2D eigenvalue weighted by molar-refractivity contribution is 5.77. The van der Waals surface area contributed by atoms with Gasteiger partial charge in [0.25, 0.3) is 6.43 Å². The van der Waals surface area contributed by atoms with E-state index >= 15 is 0 Å². The number of aromatic nitrogens is 5. The van der Waals surface area contributed by atoms with E-state index in [0.717, 1.165) is 16.7 Å². The number of benzene rings is 2. The third-order valence-electron chi connectivity index (χ3n) is 4.09. The second kappa shape index (κ2) is 7.21. The summed E-state index contributed by atoms with van der Waals surface area (Å²) in [4.78, 5) is 15.8. The third-order valence-corrected chi connectivity index (χ3v) is 4.09. The van der Waals surface area contributed by atoms with Crippen molar-refractivity contribution in [1.82, 2.24) is 24.5 Å². The Labute approximate surface area is 165 Å². The predicted octanol–water partition coefficient (Wildman–Crippen LogP) is 4.49. The Bertz CT molecular complexity index is 1200. The van der Waals surface area contributed by atoms with Gasteiger partial charge in [-0.25, -0.2) is 13.8 Å². The highest BCUT2D eigenvalue weighted by Crippen LogP contribution is 2.30. The first-order valence-corrected chi connectivity index (χ1v) is 8.44. The number of nitrogens with two attached hydrogens (primary N) is 1. The van der Waals surface area contributed by atoms with E-state index in [1.54, 1.807) is 24.3 Å². The third kappa shape index (κ3) is 3.71. The fourth-order valence-corrected chi connectivity index (χ4v) is 2.81. The minimum absolute atomic E-state index is 0.129. The van der Waals surface area contributed by atoms with E-state index in [-0.39, 0.29) is 23.5 Å². The lowest BCUT2D eigenvalue weighted by Gasteiger charge is -2.11. The molecule has 0 aliphatic heterocycles. The van der Waals surface area contributed by atoms with Gasteiger partial charge in [-0.1, -0.05) is 12.1 Å². The van der Waals surface area contributed by atoms with Crippen LogP contribution in [0, 0.1) is 0 Å². The molecule has 2 aromatic carbocycles. The summed E-state index contributed by atoms with van der Waals surface area (Å²) >= 11 is 0. The minimum atomic E-state index is -4.47. The summed E-state index contributed by atoms with van der Waals surface area (Å²) in [6.07, 6.45) is -7.39. The summed E-state index contributed by atoms with van der Waals surface area (Å²) in [5.41, 5.74) is 5.76. The Kier molecular flexibility index (Phi) is 4.68. The molecule has 0 atom stereocenters. The number of hydrogen-bond donors (Lipinski definition) is 2.